The van der Waals surface area contributed by atoms with E-state index in [1.54, 1.807) is 12.1 Å². The number of halogens is 1. The van der Waals surface area contributed by atoms with E-state index in [2.05, 4.69) is 0 Å². The Morgan fingerprint density at radius 1 is 1.14 bits per heavy atom. The van der Waals surface area contributed by atoms with E-state index < -0.39 is 4.92 Å². The first-order valence-electron chi connectivity index (χ1n) is 4.61. The quantitative estimate of drug-likeness (QED) is 0.520. The summed E-state index contributed by atoms with van der Waals surface area (Å²) in [6, 6.07) is 6.07. The molecule has 14 heavy (non-hydrogen) atoms. The molecule has 0 aliphatic heterocycles. The molecule has 0 N–H and O–H groups in total. The van der Waals surface area contributed by atoms with Crippen molar-refractivity contribution in [1.29, 1.82) is 0 Å². The lowest BCUT2D eigenvalue weighted by Gasteiger charge is -1.90. The summed E-state index contributed by atoms with van der Waals surface area (Å²) in [7, 11) is 0. The Morgan fingerprint density at radius 2 is 1.57 bits per heavy atom. The third-order valence-electron chi connectivity index (χ3n) is 1.05. The number of nitro benzene ring substituents is 1. The normalized spacial score (nSPS) is 7.50. The van der Waals surface area contributed by atoms with Crippen LogP contribution in [0.3, 0.4) is 0 Å². The number of hydrogen-bond acceptors (Lipinski definition) is 2. The van der Waals surface area contributed by atoms with Crippen molar-refractivity contribution in [3.8, 4) is 0 Å². The Labute approximate surface area is 89.9 Å². The SMILES string of the molecule is CC.CC.O=[N+]([O-])c1ccccc1Cl. The smallest absolute Gasteiger partial charge is 0.258 e. The number of benzene rings is 1. The summed E-state index contributed by atoms with van der Waals surface area (Å²) in [6.45, 7) is 8.00. The molecule has 4 heteroatoms. The molecule has 0 aliphatic carbocycles. The summed E-state index contributed by atoms with van der Waals surface area (Å²) in [5.74, 6) is 0. The average molecular weight is 218 g/mol. The molecule has 80 valence electrons. The average Bonchev–Trinajstić information content (AvgIpc) is 2.24. The van der Waals surface area contributed by atoms with Gasteiger partial charge < -0.3 is 0 Å². The lowest BCUT2D eigenvalue weighted by molar-refractivity contribution is -0.384. The van der Waals surface area contributed by atoms with Crippen molar-refractivity contribution in [3.05, 3.63) is 39.4 Å². The number of para-hydroxylation sites is 1. The van der Waals surface area contributed by atoms with Gasteiger partial charge in [0.15, 0.2) is 0 Å². The predicted molar refractivity (Wildman–Crippen MR) is 60.8 cm³/mol. The van der Waals surface area contributed by atoms with Crippen LogP contribution in [0.25, 0.3) is 0 Å². The van der Waals surface area contributed by atoms with Crippen LogP contribution < -0.4 is 0 Å². The lowest BCUT2D eigenvalue weighted by atomic mass is 10.3. The van der Waals surface area contributed by atoms with Crippen LogP contribution in [-0.4, -0.2) is 4.92 Å². The Kier molecular flexibility index (Phi) is 11.0. The molecule has 0 heterocycles. The Bertz CT molecular complexity index is 264. The predicted octanol–water partition coefficient (Wildman–Crippen LogP) is 4.30. The number of hydrogen-bond donors (Lipinski definition) is 0. The fraction of sp³-hybridized carbons (Fsp3) is 0.400. The minimum Gasteiger partial charge on any atom is -0.258 e. The zero-order valence-corrected chi connectivity index (χ0v) is 9.71. The van der Waals surface area contributed by atoms with Crippen molar-refractivity contribution in [1.82, 2.24) is 0 Å². The van der Waals surface area contributed by atoms with Crippen LogP contribution >= 0.6 is 11.6 Å². The summed E-state index contributed by atoms with van der Waals surface area (Å²) in [6.07, 6.45) is 0. The second-order valence-electron chi connectivity index (χ2n) is 1.71. The van der Waals surface area contributed by atoms with Gasteiger partial charge in [-0.15, -0.1) is 0 Å². The van der Waals surface area contributed by atoms with Crippen LogP contribution in [0.4, 0.5) is 5.69 Å². The maximum atomic E-state index is 10.1. The molecule has 1 aromatic rings. The molecular formula is C10H16ClNO2. The summed E-state index contributed by atoms with van der Waals surface area (Å²) in [5.41, 5.74) is -0.0517. The highest BCUT2D eigenvalue weighted by Crippen LogP contribution is 2.21. The molecule has 0 aliphatic rings. The molecule has 0 radical (unpaired) electrons. The van der Waals surface area contributed by atoms with E-state index in [1.165, 1.54) is 12.1 Å². The van der Waals surface area contributed by atoms with Gasteiger partial charge in [0, 0.05) is 6.07 Å². The van der Waals surface area contributed by atoms with Gasteiger partial charge >= 0.3 is 0 Å². The number of nitro groups is 1. The first kappa shape index (κ1) is 15.4. The van der Waals surface area contributed by atoms with Gasteiger partial charge in [-0.3, -0.25) is 10.1 Å². The molecule has 0 spiro atoms. The first-order valence-corrected chi connectivity index (χ1v) is 4.98. The maximum absolute atomic E-state index is 10.1. The molecule has 0 amide bonds. The second kappa shape index (κ2) is 9.99. The topological polar surface area (TPSA) is 43.1 Å². The third kappa shape index (κ3) is 5.54. The van der Waals surface area contributed by atoms with Crippen LogP contribution in [0.15, 0.2) is 24.3 Å². The molecule has 3 nitrogen and oxygen atoms in total. The molecule has 0 fully saturated rings. The fourth-order valence-electron chi connectivity index (χ4n) is 0.600. The van der Waals surface area contributed by atoms with Gasteiger partial charge in [0.05, 0.1) is 4.92 Å². The van der Waals surface area contributed by atoms with Crippen molar-refractivity contribution < 1.29 is 4.92 Å². The molecule has 0 atom stereocenters. The zero-order valence-electron chi connectivity index (χ0n) is 8.95. The van der Waals surface area contributed by atoms with Crippen LogP contribution in [0.1, 0.15) is 27.7 Å². The molecule has 0 saturated carbocycles. The van der Waals surface area contributed by atoms with Gasteiger partial charge in [0.25, 0.3) is 5.69 Å². The summed E-state index contributed by atoms with van der Waals surface area (Å²) < 4.78 is 0. The lowest BCUT2D eigenvalue weighted by Crippen LogP contribution is -1.87. The zero-order chi connectivity index (χ0) is 11.6. The highest BCUT2D eigenvalue weighted by Gasteiger charge is 2.08. The standard InChI is InChI=1S/C6H4ClNO2.2C2H6/c7-5-3-1-2-4-6(5)8(9)10;2*1-2/h1-4H;2*1-2H3. The molecule has 0 aromatic heterocycles. The summed E-state index contributed by atoms with van der Waals surface area (Å²) in [5, 5.41) is 10.3. The minimum atomic E-state index is -0.512. The largest absolute Gasteiger partial charge is 0.287 e. The third-order valence-corrected chi connectivity index (χ3v) is 1.37. The first-order chi connectivity index (χ1) is 6.72. The molecule has 1 rings (SSSR count). The highest BCUT2D eigenvalue weighted by molar-refractivity contribution is 6.32. The van der Waals surface area contributed by atoms with E-state index in [0.29, 0.717) is 0 Å². The number of rotatable bonds is 1. The van der Waals surface area contributed by atoms with Gasteiger partial charge in [0.2, 0.25) is 0 Å². The Balaban J connectivity index is 0. The molecule has 0 saturated heterocycles. The summed E-state index contributed by atoms with van der Waals surface area (Å²) >= 11 is 5.48. The van der Waals surface area contributed by atoms with E-state index in [0.717, 1.165) is 0 Å². The van der Waals surface area contributed by atoms with Crippen molar-refractivity contribution in [2.75, 3.05) is 0 Å². The van der Waals surface area contributed by atoms with E-state index in [-0.39, 0.29) is 10.7 Å². The second-order valence-corrected chi connectivity index (χ2v) is 2.12. The van der Waals surface area contributed by atoms with Crippen molar-refractivity contribution in [2.24, 2.45) is 0 Å². The maximum Gasteiger partial charge on any atom is 0.287 e. The van der Waals surface area contributed by atoms with Gasteiger partial charge in [0.1, 0.15) is 5.02 Å². The summed E-state index contributed by atoms with van der Waals surface area (Å²) in [4.78, 5) is 9.63. The Morgan fingerprint density at radius 3 is 1.86 bits per heavy atom. The Hall–Kier alpha value is -1.09. The van der Waals surface area contributed by atoms with Crippen LogP contribution in [-0.2, 0) is 0 Å². The van der Waals surface area contributed by atoms with E-state index in [9.17, 15) is 10.1 Å². The van der Waals surface area contributed by atoms with Gasteiger partial charge in [-0.05, 0) is 6.07 Å². The van der Waals surface area contributed by atoms with Crippen LogP contribution in [0.2, 0.25) is 5.02 Å². The van der Waals surface area contributed by atoms with Gasteiger partial charge in [-0.1, -0.05) is 51.4 Å². The molecule has 0 unspecified atom stereocenters. The highest BCUT2D eigenvalue weighted by atomic mass is 35.5. The van der Waals surface area contributed by atoms with E-state index >= 15 is 0 Å². The van der Waals surface area contributed by atoms with E-state index in [1.807, 2.05) is 27.7 Å². The molecule has 1 aromatic carbocycles. The van der Waals surface area contributed by atoms with Gasteiger partial charge in [-0.25, -0.2) is 0 Å². The monoisotopic (exact) mass is 217 g/mol. The van der Waals surface area contributed by atoms with Crippen molar-refractivity contribution in [3.63, 3.8) is 0 Å². The van der Waals surface area contributed by atoms with Crippen molar-refractivity contribution >= 4 is 17.3 Å². The number of nitrogens with zero attached hydrogens (tertiary/aromatic N) is 1. The van der Waals surface area contributed by atoms with Crippen LogP contribution in [0, 0.1) is 10.1 Å². The minimum absolute atomic E-state index is 0.0517. The molecular weight excluding hydrogens is 202 g/mol. The molecule has 0 bridgehead atoms. The van der Waals surface area contributed by atoms with Crippen LogP contribution in [0.5, 0.6) is 0 Å². The van der Waals surface area contributed by atoms with E-state index in [4.69, 9.17) is 11.6 Å². The fourth-order valence-corrected chi connectivity index (χ4v) is 0.805. The van der Waals surface area contributed by atoms with Crippen molar-refractivity contribution in [2.45, 2.75) is 27.7 Å². The van der Waals surface area contributed by atoms with Gasteiger partial charge in [-0.2, -0.15) is 0 Å².